The number of aliphatic carboxylic acids is 1. The van der Waals surface area contributed by atoms with Crippen LogP contribution in [-0.4, -0.2) is 91.5 Å². The van der Waals surface area contributed by atoms with Crippen molar-refractivity contribution in [2.45, 2.75) is 25.4 Å². The number of carbonyl (C=O) groups is 2. The third-order valence-electron chi connectivity index (χ3n) is 5.81. The number of carboxylic acid groups (broad SMARTS) is 1. The molecule has 32 heavy (non-hydrogen) atoms. The van der Waals surface area contributed by atoms with Crippen molar-refractivity contribution in [2.75, 3.05) is 53.6 Å². The Balaban J connectivity index is 0.000000451. The predicted molar refractivity (Wildman–Crippen MR) is 109 cm³/mol. The Kier molecular flexibility index (Phi) is 9.26. The SMILES string of the molecule is CN(C)CC(=O)N1CCC2(CCOCC2COc2ccccn2)CC1.O=C(O)C(F)(F)F. The second-order valence-electron chi connectivity index (χ2n) is 8.28. The van der Waals surface area contributed by atoms with Crippen LogP contribution in [-0.2, 0) is 14.3 Å². The van der Waals surface area contributed by atoms with Gasteiger partial charge in [-0.2, -0.15) is 13.2 Å². The molecule has 0 radical (unpaired) electrons. The summed E-state index contributed by atoms with van der Waals surface area (Å²) in [5.41, 5.74) is 0.224. The smallest absolute Gasteiger partial charge is 0.477 e. The maximum absolute atomic E-state index is 12.3. The van der Waals surface area contributed by atoms with Gasteiger partial charge < -0.3 is 24.4 Å². The van der Waals surface area contributed by atoms with E-state index in [0.29, 0.717) is 24.9 Å². The van der Waals surface area contributed by atoms with Gasteiger partial charge in [-0.05, 0) is 44.8 Å². The van der Waals surface area contributed by atoms with Gasteiger partial charge in [-0.1, -0.05) is 6.07 Å². The third kappa shape index (κ3) is 7.63. The zero-order valence-electron chi connectivity index (χ0n) is 18.3. The van der Waals surface area contributed by atoms with Gasteiger partial charge in [0, 0.05) is 37.9 Å². The standard InChI is InChI=1S/C19H29N3O3.C2HF3O2/c1-21(2)13-18(23)22-10-6-19(7-11-22)8-12-24-14-16(19)15-25-17-5-3-4-9-20-17;3-2(4,5)1(6)7/h3-5,9,16H,6-8,10-15H2,1-2H3;(H,6,7). The van der Waals surface area contributed by atoms with Crippen molar-refractivity contribution in [2.24, 2.45) is 11.3 Å². The largest absolute Gasteiger partial charge is 0.490 e. The minimum Gasteiger partial charge on any atom is -0.477 e. The lowest BCUT2D eigenvalue weighted by Gasteiger charge is -2.48. The zero-order valence-corrected chi connectivity index (χ0v) is 18.3. The summed E-state index contributed by atoms with van der Waals surface area (Å²) in [7, 11) is 3.87. The van der Waals surface area contributed by atoms with Crippen LogP contribution >= 0.6 is 0 Å². The van der Waals surface area contributed by atoms with Crippen LogP contribution in [0.2, 0.25) is 0 Å². The molecule has 2 aliphatic heterocycles. The lowest BCUT2D eigenvalue weighted by Crippen LogP contribution is -2.52. The van der Waals surface area contributed by atoms with E-state index in [9.17, 15) is 18.0 Å². The summed E-state index contributed by atoms with van der Waals surface area (Å²) in [5, 5.41) is 7.12. The van der Waals surface area contributed by atoms with Gasteiger partial charge in [0.15, 0.2) is 0 Å². The van der Waals surface area contributed by atoms with E-state index in [0.717, 1.165) is 45.6 Å². The van der Waals surface area contributed by atoms with Crippen molar-refractivity contribution in [3.8, 4) is 5.88 Å². The molecule has 8 nitrogen and oxygen atoms in total. The monoisotopic (exact) mass is 461 g/mol. The minimum absolute atomic E-state index is 0.224. The van der Waals surface area contributed by atoms with Crippen LogP contribution in [0.25, 0.3) is 0 Å². The van der Waals surface area contributed by atoms with E-state index in [1.54, 1.807) is 6.20 Å². The Labute approximate surface area is 185 Å². The van der Waals surface area contributed by atoms with Gasteiger partial charge in [-0.25, -0.2) is 9.78 Å². The van der Waals surface area contributed by atoms with Gasteiger partial charge in [-0.3, -0.25) is 4.79 Å². The average molecular weight is 461 g/mol. The molecule has 1 aromatic rings. The van der Waals surface area contributed by atoms with Crippen LogP contribution in [0.4, 0.5) is 13.2 Å². The van der Waals surface area contributed by atoms with E-state index in [4.69, 9.17) is 19.4 Å². The average Bonchev–Trinajstić information content (AvgIpc) is 2.74. The first-order valence-electron chi connectivity index (χ1n) is 10.4. The number of halogens is 3. The summed E-state index contributed by atoms with van der Waals surface area (Å²) in [6.07, 6.45) is -0.214. The number of piperidine rings is 1. The second-order valence-corrected chi connectivity index (χ2v) is 8.28. The van der Waals surface area contributed by atoms with Crippen LogP contribution in [0, 0.1) is 11.3 Å². The highest BCUT2D eigenvalue weighted by atomic mass is 19.4. The maximum Gasteiger partial charge on any atom is 0.490 e. The van der Waals surface area contributed by atoms with Crippen LogP contribution in [0.15, 0.2) is 24.4 Å². The van der Waals surface area contributed by atoms with Crippen LogP contribution in [0.1, 0.15) is 19.3 Å². The Bertz CT molecular complexity index is 738. The number of aromatic nitrogens is 1. The quantitative estimate of drug-likeness (QED) is 0.719. The number of pyridine rings is 1. The number of likely N-dealkylation sites (N-methyl/N-ethyl adjacent to an activating group) is 1. The van der Waals surface area contributed by atoms with Gasteiger partial charge >= 0.3 is 12.1 Å². The van der Waals surface area contributed by atoms with Crippen molar-refractivity contribution >= 4 is 11.9 Å². The number of ether oxygens (including phenoxy) is 2. The van der Waals surface area contributed by atoms with Gasteiger partial charge in [0.05, 0.1) is 19.8 Å². The summed E-state index contributed by atoms with van der Waals surface area (Å²) in [6, 6.07) is 5.71. The summed E-state index contributed by atoms with van der Waals surface area (Å²) < 4.78 is 43.4. The summed E-state index contributed by atoms with van der Waals surface area (Å²) >= 11 is 0. The molecule has 2 fully saturated rings. The minimum atomic E-state index is -5.08. The highest BCUT2D eigenvalue weighted by molar-refractivity contribution is 5.78. The summed E-state index contributed by atoms with van der Waals surface area (Å²) in [5.74, 6) is -1.50. The molecule has 1 unspecified atom stereocenters. The normalized spacial score (nSPS) is 20.4. The molecule has 2 aliphatic rings. The number of hydrogen-bond acceptors (Lipinski definition) is 6. The number of alkyl halides is 3. The molecule has 180 valence electrons. The molecule has 1 aromatic heterocycles. The molecule has 1 amide bonds. The number of hydrogen-bond donors (Lipinski definition) is 1. The molecular formula is C21H30F3N3O5. The molecule has 3 rings (SSSR count). The van der Waals surface area contributed by atoms with E-state index in [2.05, 4.69) is 4.98 Å². The fraction of sp³-hybridized carbons (Fsp3) is 0.667. The Morgan fingerprint density at radius 2 is 1.94 bits per heavy atom. The lowest BCUT2D eigenvalue weighted by molar-refractivity contribution is -0.192. The Hall–Kier alpha value is -2.40. The van der Waals surface area contributed by atoms with Crippen molar-refractivity contribution in [1.29, 1.82) is 0 Å². The first kappa shape index (κ1) is 25.9. The molecule has 3 heterocycles. The molecule has 1 atom stereocenters. The topological polar surface area (TPSA) is 92.2 Å². The molecule has 0 aromatic carbocycles. The van der Waals surface area contributed by atoms with Crippen molar-refractivity contribution in [3.05, 3.63) is 24.4 Å². The molecule has 0 bridgehead atoms. The maximum atomic E-state index is 12.3. The first-order chi connectivity index (χ1) is 15.0. The van der Waals surface area contributed by atoms with Gasteiger partial charge in [0.25, 0.3) is 0 Å². The fourth-order valence-corrected chi connectivity index (χ4v) is 3.96. The van der Waals surface area contributed by atoms with E-state index >= 15 is 0 Å². The number of amides is 1. The number of nitrogens with zero attached hydrogens (tertiary/aromatic N) is 3. The first-order valence-corrected chi connectivity index (χ1v) is 10.4. The van der Waals surface area contributed by atoms with E-state index in [1.165, 1.54) is 0 Å². The van der Waals surface area contributed by atoms with Crippen LogP contribution < -0.4 is 4.74 Å². The predicted octanol–water partition coefficient (Wildman–Crippen LogP) is 2.30. The van der Waals surface area contributed by atoms with E-state index in [1.807, 2.05) is 42.1 Å². The summed E-state index contributed by atoms with van der Waals surface area (Å²) in [6.45, 7) is 4.34. The Morgan fingerprint density at radius 3 is 2.47 bits per heavy atom. The number of rotatable bonds is 5. The molecule has 2 saturated heterocycles. The zero-order chi connectivity index (χ0) is 23.8. The molecule has 0 aliphatic carbocycles. The second kappa shape index (κ2) is 11.5. The van der Waals surface area contributed by atoms with Gasteiger partial charge in [0.1, 0.15) is 0 Å². The van der Waals surface area contributed by atoms with Gasteiger partial charge in [-0.15, -0.1) is 0 Å². The third-order valence-corrected chi connectivity index (χ3v) is 5.81. The van der Waals surface area contributed by atoms with E-state index < -0.39 is 12.1 Å². The highest BCUT2D eigenvalue weighted by Gasteiger charge is 2.44. The van der Waals surface area contributed by atoms with Crippen molar-refractivity contribution in [1.82, 2.24) is 14.8 Å². The van der Waals surface area contributed by atoms with E-state index in [-0.39, 0.29) is 11.3 Å². The molecule has 0 saturated carbocycles. The molecule has 11 heteroatoms. The Morgan fingerprint density at radius 1 is 1.28 bits per heavy atom. The van der Waals surface area contributed by atoms with Crippen molar-refractivity contribution < 1.29 is 37.3 Å². The molecular weight excluding hydrogens is 431 g/mol. The van der Waals surface area contributed by atoms with Crippen molar-refractivity contribution in [3.63, 3.8) is 0 Å². The van der Waals surface area contributed by atoms with Crippen LogP contribution in [0.3, 0.4) is 0 Å². The highest BCUT2D eigenvalue weighted by Crippen LogP contribution is 2.44. The lowest BCUT2D eigenvalue weighted by atomic mass is 9.66. The van der Waals surface area contributed by atoms with Crippen LogP contribution in [0.5, 0.6) is 5.88 Å². The van der Waals surface area contributed by atoms with Gasteiger partial charge in [0.2, 0.25) is 11.8 Å². The summed E-state index contributed by atoms with van der Waals surface area (Å²) in [4.78, 5) is 29.4. The fourth-order valence-electron chi connectivity index (χ4n) is 3.96. The molecule has 1 spiro atoms. The number of carboxylic acids is 1. The number of carbonyl (C=O) groups excluding carboxylic acids is 1. The molecule has 1 N–H and O–H groups in total. The number of likely N-dealkylation sites (tertiary alicyclic amines) is 1.